The summed E-state index contributed by atoms with van der Waals surface area (Å²) in [7, 11) is 1.37. The van der Waals surface area contributed by atoms with Crippen LogP contribution in [0.1, 0.15) is 30.7 Å². The highest BCUT2D eigenvalue weighted by atomic mass is 32.1. The molecule has 116 valence electrons. The lowest BCUT2D eigenvalue weighted by Crippen LogP contribution is -2.29. The monoisotopic (exact) mass is 312 g/mol. The highest BCUT2D eigenvalue weighted by molar-refractivity contribution is 7.15. The molecule has 1 aliphatic rings. The van der Waals surface area contributed by atoms with Gasteiger partial charge in [0.2, 0.25) is 11.0 Å². The Hall–Kier alpha value is -1.54. The van der Waals surface area contributed by atoms with E-state index in [1.807, 2.05) is 0 Å². The van der Waals surface area contributed by atoms with Gasteiger partial charge in [0.05, 0.1) is 13.7 Å². The van der Waals surface area contributed by atoms with Crippen LogP contribution < -0.4 is 10.6 Å². The normalized spacial score (nSPS) is 14.0. The second-order valence-corrected chi connectivity index (χ2v) is 6.12. The molecule has 1 aromatic rings. The van der Waals surface area contributed by atoms with E-state index in [9.17, 15) is 9.59 Å². The van der Waals surface area contributed by atoms with E-state index >= 15 is 0 Å². The number of nitrogens with one attached hydrogen (secondary N) is 2. The van der Waals surface area contributed by atoms with Crippen LogP contribution in [0.25, 0.3) is 0 Å². The van der Waals surface area contributed by atoms with E-state index < -0.39 is 0 Å². The summed E-state index contributed by atoms with van der Waals surface area (Å²) in [5.74, 6) is 0.420. The van der Waals surface area contributed by atoms with E-state index in [1.54, 1.807) is 0 Å². The van der Waals surface area contributed by atoms with Crippen LogP contribution in [0.2, 0.25) is 0 Å². The Morgan fingerprint density at radius 3 is 2.90 bits per heavy atom. The first kappa shape index (κ1) is 15.8. The van der Waals surface area contributed by atoms with Crippen molar-refractivity contribution in [1.29, 1.82) is 0 Å². The number of ether oxygens (including phenoxy) is 1. The van der Waals surface area contributed by atoms with E-state index in [0.717, 1.165) is 17.5 Å². The molecule has 1 amide bonds. The van der Waals surface area contributed by atoms with Gasteiger partial charge in [0.1, 0.15) is 5.01 Å². The second-order valence-electron chi connectivity index (χ2n) is 5.05. The molecular formula is C13H20N4O3S. The molecule has 8 heteroatoms. The fourth-order valence-corrected chi connectivity index (χ4v) is 2.56. The lowest BCUT2D eigenvalue weighted by atomic mass is 10.2. The number of aromatic nitrogens is 2. The van der Waals surface area contributed by atoms with Gasteiger partial charge in [0.15, 0.2) is 0 Å². The van der Waals surface area contributed by atoms with Crippen molar-refractivity contribution in [2.24, 2.45) is 5.92 Å². The van der Waals surface area contributed by atoms with Crippen molar-refractivity contribution in [3.05, 3.63) is 5.01 Å². The molecule has 1 saturated carbocycles. The van der Waals surface area contributed by atoms with Crippen LogP contribution in [0.4, 0.5) is 5.13 Å². The minimum Gasteiger partial charge on any atom is -0.469 e. The van der Waals surface area contributed by atoms with Gasteiger partial charge in [-0.2, -0.15) is 0 Å². The van der Waals surface area contributed by atoms with Crippen LogP contribution in [0, 0.1) is 5.92 Å². The van der Waals surface area contributed by atoms with Crippen molar-refractivity contribution in [2.75, 3.05) is 25.5 Å². The van der Waals surface area contributed by atoms with Gasteiger partial charge in [-0.1, -0.05) is 11.3 Å². The smallest absolute Gasteiger partial charge is 0.305 e. The molecule has 1 aromatic heterocycles. The van der Waals surface area contributed by atoms with Crippen molar-refractivity contribution in [1.82, 2.24) is 15.5 Å². The lowest BCUT2D eigenvalue weighted by molar-refractivity contribution is -0.140. The standard InChI is InChI=1S/C13H20N4O3S/c1-20-12(19)4-2-3-11-16-17-13(21-11)15-10(18)8-14-7-9-5-6-9/h9,14H,2-8H2,1H3,(H,15,17,18). The molecule has 7 nitrogen and oxygen atoms in total. The number of carbonyl (C=O) groups is 2. The summed E-state index contributed by atoms with van der Waals surface area (Å²) < 4.78 is 4.57. The number of methoxy groups -OCH3 is 1. The van der Waals surface area contributed by atoms with Crippen LogP contribution in [-0.2, 0) is 20.7 Å². The van der Waals surface area contributed by atoms with E-state index in [4.69, 9.17) is 0 Å². The number of anilines is 1. The highest BCUT2D eigenvalue weighted by Gasteiger charge is 2.20. The molecule has 0 spiro atoms. The van der Waals surface area contributed by atoms with E-state index in [0.29, 0.717) is 30.9 Å². The summed E-state index contributed by atoms with van der Waals surface area (Å²) >= 11 is 1.34. The predicted molar refractivity (Wildman–Crippen MR) is 79.1 cm³/mol. The molecule has 21 heavy (non-hydrogen) atoms. The Bertz CT molecular complexity index is 488. The van der Waals surface area contributed by atoms with Gasteiger partial charge in [-0.05, 0) is 31.7 Å². The average Bonchev–Trinajstić information content (AvgIpc) is 3.18. The molecule has 0 aliphatic heterocycles. The van der Waals surface area contributed by atoms with Gasteiger partial charge < -0.3 is 10.1 Å². The first-order valence-electron chi connectivity index (χ1n) is 7.07. The molecule has 2 N–H and O–H groups in total. The van der Waals surface area contributed by atoms with Gasteiger partial charge in [-0.25, -0.2) is 0 Å². The van der Waals surface area contributed by atoms with Gasteiger partial charge in [-0.15, -0.1) is 10.2 Å². The third kappa shape index (κ3) is 6.17. The fourth-order valence-electron chi connectivity index (χ4n) is 1.77. The topological polar surface area (TPSA) is 93.2 Å². The second kappa shape index (κ2) is 8.04. The maximum atomic E-state index is 11.7. The minimum atomic E-state index is -0.227. The predicted octanol–water partition coefficient (Wildman–Crippen LogP) is 0.972. The van der Waals surface area contributed by atoms with Crippen molar-refractivity contribution in [2.45, 2.75) is 32.1 Å². The van der Waals surface area contributed by atoms with E-state index in [2.05, 4.69) is 25.6 Å². The van der Waals surface area contributed by atoms with Crippen LogP contribution in [-0.4, -0.2) is 42.3 Å². The van der Waals surface area contributed by atoms with Gasteiger partial charge in [0.25, 0.3) is 0 Å². The third-order valence-corrected chi connectivity index (χ3v) is 4.03. The number of carbonyl (C=O) groups excluding carboxylic acids is 2. The largest absolute Gasteiger partial charge is 0.469 e. The molecular weight excluding hydrogens is 292 g/mol. The van der Waals surface area contributed by atoms with Gasteiger partial charge in [0, 0.05) is 12.8 Å². The van der Waals surface area contributed by atoms with Crippen LogP contribution in [0.5, 0.6) is 0 Å². The SMILES string of the molecule is COC(=O)CCCc1nnc(NC(=O)CNCC2CC2)s1. The molecule has 1 fully saturated rings. The number of hydrogen-bond donors (Lipinski definition) is 2. The van der Waals surface area contributed by atoms with Crippen molar-refractivity contribution >= 4 is 28.3 Å². The Balaban J connectivity index is 1.64. The Labute approximate surface area is 127 Å². The molecule has 2 rings (SSSR count). The van der Waals surface area contributed by atoms with Crippen LogP contribution in [0.3, 0.4) is 0 Å². The number of nitrogens with zero attached hydrogens (tertiary/aromatic N) is 2. The maximum absolute atomic E-state index is 11.7. The number of esters is 1. The number of amides is 1. The first-order chi connectivity index (χ1) is 10.2. The summed E-state index contributed by atoms with van der Waals surface area (Å²) in [5.41, 5.74) is 0. The van der Waals surface area contributed by atoms with Gasteiger partial charge in [-0.3, -0.25) is 14.9 Å². The van der Waals surface area contributed by atoms with Crippen molar-refractivity contribution in [3.8, 4) is 0 Å². The van der Waals surface area contributed by atoms with Crippen molar-refractivity contribution in [3.63, 3.8) is 0 Å². The summed E-state index contributed by atoms with van der Waals surface area (Å²) in [6, 6.07) is 0. The molecule has 0 atom stereocenters. The van der Waals surface area contributed by atoms with Crippen LogP contribution in [0.15, 0.2) is 0 Å². The maximum Gasteiger partial charge on any atom is 0.305 e. The molecule has 1 heterocycles. The zero-order chi connectivity index (χ0) is 15.1. The summed E-state index contributed by atoms with van der Waals surface area (Å²) in [6.07, 6.45) is 4.21. The zero-order valence-electron chi connectivity index (χ0n) is 12.1. The molecule has 0 saturated heterocycles. The zero-order valence-corrected chi connectivity index (χ0v) is 12.9. The number of aryl methyl sites for hydroxylation is 1. The van der Waals surface area contributed by atoms with Crippen molar-refractivity contribution < 1.29 is 14.3 Å². The summed E-state index contributed by atoms with van der Waals surface area (Å²) in [4.78, 5) is 22.7. The molecule has 0 unspecified atom stereocenters. The molecule has 0 radical (unpaired) electrons. The fraction of sp³-hybridized carbons (Fsp3) is 0.692. The average molecular weight is 312 g/mol. The number of hydrogen-bond acceptors (Lipinski definition) is 7. The quantitative estimate of drug-likeness (QED) is 0.660. The van der Waals surface area contributed by atoms with Gasteiger partial charge >= 0.3 is 5.97 Å². The first-order valence-corrected chi connectivity index (χ1v) is 7.89. The molecule has 0 bridgehead atoms. The number of rotatable bonds is 9. The van der Waals surface area contributed by atoms with Crippen LogP contribution >= 0.6 is 11.3 Å². The lowest BCUT2D eigenvalue weighted by Gasteiger charge is -2.02. The summed E-state index contributed by atoms with van der Waals surface area (Å²) in [5, 5.41) is 15.1. The molecule has 1 aliphatic carbocycles. The Morgan fingerprint density at radius 1 is 1.38 bits per heavy atom. The van der Waals surface area contributed by atoms with E-state index in [-0.39, 0.29) is 11.9 Å². The highest BCUT2D eigenvalue weighted by Crippen LogP contribution is 2.27. The summed E-state index contributed by atoms with van der Waals surface area (Å²) in [6.45, 7) is 1.20. The van der Waals surface area contributed by atoms with E-state index in [1.165, 1.54) is 31.3 Å². The Kier molecular flexibility index (Phi) is 6.06. The molecule has 0 aromatic carbocycles. The minimum absolute atomic E-state index is 0.104. The third-order valence-electron chi connectivity index (χ3n) is 3.13. The Morgan fingerprint density at radius 2 is 2.19 bits per heavy atom.